The van der Waals surface area contributed by atoms with E-state index in [2.05, 4.69) is 0 Å². The van der Waals surface area contributed by atoms with Gasteiger partial charge in [-0.15, -0.1) is 0 Å². The molecule has 1 aromatic carbocycles. The zero-order valence-corrected chi connectivity index (χ0v) is 10.6. The molecule has 0 aromatic heterocycles. The number of benzene rings is 1. The summed E-state index contributed by atoms with van der Waals surface area (Å²) in [7, 11) is 0. The number of halogens is 2. The van der Waals surface area contributed by atoms with Gasteiger partial charge in [0.2, 0.25) is 0 Å². The van der Waals surface area contributed by atoms with Gasteiger partial charge in [0.1, 0.15) is 0 Å². The standard InChI is InChI=1S/C10H11ClFNO3S/c1-2-6-13(17(15)16)8-5-3-4-7(9(8)12)10(11)14/h3-5H,2,6H2,1H3,(H,15,16)/p-1. The zero-order valence-electron chi connectivity index (χ0n) is 8.98. The topological polar surface area (TPSA) is 60.4 Å². The fourth-order valence-corrected chi connectivity index (χ4v) is 2.12. The predicted molar refractivity (Wildman–Crippen MR) is 63.1 cm³/mol. The number of nitrogens with zero attached hydrogens (tertiary/aromatic N) is 1. The van der Waals surface area contributed by atoms with Gasteiger partial charge in [-0.05, 0) is 30.2 Å². The molecule has 0 saturated carbocycles. The molecule has 0 bridgehead atoms. The highest BCUT2D eigenvalue weighted by Gasteiger charge is 2.17. The van der Waals surface area contributed by atoms with Crippen molar-refractivity contribution >= 4 is 33.8 Å². The SMILES string of the molecule is CCCN(c1cccc(C(=O)Cl)c1F)S(=O)[O-]. The van der Waals surface area contributed by atoms with Gasteiger partial charge in [-0.3, -0.25) is 13.3 Å². The second-order valence-electron chi connectivity index (χ2n) is 3.23. The summed E-state index contributed by atoms with van der Waals surface area (Å²) in [6.45, 7) is 1.89. The Kier molecular flexibility index (Phi) is 5.04. The molecule has 0 heterocycles. The molecule has 0 saturated heterocycles. The highest BCUT2D eigenvalue weighted by atomic mass is 35.5. The van der Waals surface area contributed by atoms with E-state index in [1.54, 1.807) is 6.92 Å². The number of carbonyl (C=O) groups excluding carboxylic acids is 1. The Morgan fingerprint density at radius 3 is 2.71 bits per heavy atom. The third-order valence-electron chi connectivity index (χ3n) is 2.07. The molecule has 0 fully saturated rings. The number of hydrogen-bond acceptors (Lipinski definition) is 3. The molecule has 0 N–H and O–H groups in total. The first kappa shape index (κ1) is 14.1. The fraction of sp³-hybridized carbons (Fsp3) is 0.300. The third kappa shape index (κ3) is 3.24. The number of hydrogen-bond donors (Lipinski definition) is 0. The molecule has 4 nitrogen and oxygen atoms in total. The molecule has 17 heavy (non-hydrogen) atoms. The summed E-state index contributed by atoms with van der Waals surface area (Å²) in [5.74, 6) is -0.926. The Labute approximate surface area is 106 Å². The molecular weight excluding hydrogens is 269 g/mol. The maximum atomic E-state index is 13.8. The normalized spacial score (nSPS) is 12.2. The lowest BCUT2D eigenvalue weighted by atomic mass is 10.2. The van der Waals surface area contributed by atoms with Gasteiger partial charge in [-0.1, -0.05) is 13.0 Å². The Morgan fingerprint density at radius 1 is 1.59 bits per heavy atom. The summed E-state index contributed by atoms with van der Waals surface area (Å²) < 4.78 is 36.6. The van der Waals surface area contributed by atoms with Crippen molar-refractivity contribution < 1.29 is 17.9 Å². The quantitative estimate of drug-likeness (QED) is 0.613. The number of carbonyl (C=O) groups is 1. The van der Waals surface area contributed by atoms with Gasteiger partial charge in [0.15, 0.2) is 5.82 Å². The lowest BCUT2D eigenvalue weighted by molar-refractivity contribution is 0.107. The second-order valence-corrected chi connectivity index (χ2v) is 4.45. The first-order valence-electron chi connectivity index (χ1n) is 4.84. The molecule has 1 rings (SSSR count). The van der Waals surface area contributed by atoms with E-state index in [9.17, 15) is 17.9 Å². The molecule has 1 atom stereocenters. The van der Waals surface area contributed by atoms with Crippen LogP contribution in [-0.4, -0.2) is 20.5 Å². The van der Waals surface area contributed by atoms with E-state index < -0.39 is 22.3 Å². The lowest BCUT2D eigenvalue weighted by Crippen LogP contribution is -2.27. The summed E-state index contributed by atoms with van der Waals surface area (Å²) in [6.07, 6.45) is 0.520. The summed E-state index contributed by atoms with van der Waals surface area (Å²) in [5.41, 5.74) is -0.512. The Morgan fingerprint density at radius 2 is 2.24 bits per heavy atom. The van der Waals surface area contributed by atoms with Gasteiger partial charge in [-0.2, -0.15) is 0 Å². The van der Waals surface area contributed by atoms with Crippen LogP contribution in [0.5, 0.6) is 0 Å². The minimum Gasteiger partial charge on any atom is -0.755 e. The van der Waals surface area contributed by atoms with Crippen molar-refractivity contribution in [2.24, 2.45) is 0 Å². The molecule has 94 valence electrons. The van der Waals surface area contributed by atoms with Crippen LogP contribution in [-0.2, 0) is 11.3 Å². The molecular formula is C10H10ClFNO3S-. The van der Waals surface area contributed by atoms with E-state index >= 15 is 0 Å². The van der Waals surface area contributed by atoms with Crippen molar-refractivity contribution in [2.75, 3.05) is 10.8 Å². The van der Waals surface area contributed by atoms with Crippen molar-refractivity contribution in [1.29, 1.82) is 0 Å². The molecule has 1 aromatic rings. The zero-order chi connectivity index (χ0) is 13.0. The van der Waals surface area contributed by atoms with E-state index in [0.717, 1.165) is 4.31 Å². The fourth-order valence-electron chi connectivity index (χ4n) is 1.34. The smallest absolute Gasteiger partial charge is 0.255 e. The molecule has 0 aliphatic rings. The molecule has 0 amide bonds. The van der Waals surface area contributed by atoms with E-state index in [1.807, 2.05) is 0 Å². The van der Waals surface area contributed by atoms with E-state index in [1.165, 1.54) is 18.2 Å². The lowest BCUT2D eigenvalue weighted by Gasteiger charge is -2.26. The van der Waals surface area contributed by atoms with Crippen LogP contribution in [0.3, 0.4) is 0 Å². The first-order chi connectivity index (χ1) is 7.99. The van der Waals surface area contributed by atoms with Crippen molar-refractivity contribution in [1.82, 2.24) is 0 Å². The third-order valence-corrected chi connectivity index (χ3v) is 3.01. The molecule has 7 heteroatoms. The molecule has 1 unspecified atom stereocenters. The van der Waals surface area contributed by atoms with Gasteiger partial charge >= 0.3 is 0 Å². The first-order valence-corrected chi connectivity index (χ1v) is 6.25. The van der Waals surface area contributed by atoms with Crippen LogP contribution in [0.1, 0.15) is 23.7 Å². The van der Waals surface area contributed by atoms with Crippen molar-refractivity contribution in [2.45, 2.75) is 13.3 Å². The maximum Gasteiger partial charge on any atom is 0.255 e. The van der Waals surface area contributed by atoms with Gasteiger partial charge in [0.25, 0.3) is 5.24 Å². The molecule has 0 aliphatic heterocycles. The van der Waals surface area contributed by atoms with Crippen LogP contribution in [0.4, 0.5) is 10.1 Å². The summed E-state index contributed by atoms with van der Waals surface area (Å²) in [6, 6.07) is 3.86. The number of rotatable bonds is 5. The van der Waals surface area contributed by atoms with Gasteiger partial charge in [-0.25, -0.2) is 4.39 Å². The number of anilines is 1. The second kappa shape index (κ2) is 6.09. The molecule has 0 aliphatic carbocycles. The van der Waals surface area contributed by atoms with Crippen LogP contribution >= 0.6 is 11.6 Å². The van der Waals surface area contributed by atoms with Crippen molar-refractivity contribution in [3.63, 3.8) is 0 Å². The summed E-state index contributed by atoms with van der Waals surface area (Å²) >= 11 is 2.59. The Balaban J connectivity index is 3.24. The van der Waals surface area contributed by atoms with E-state index in [-0.39, 0.29) is 17.8 Å². The van der Waals surface area contributed by atoms with Crippen LogP contribution < -0.4 is 4.31 Å². The van der Waals surface area contributed by atoms with Crippen LogP contribution in [0.25, 0.3) is 0 Å². The van der Waals surface area contributed by atoms with Crippen LogP contribution in [0.15, 0.2) is 18.2 Å². The van der Waals surface area contributed by atoms with Crippen molar-refractivity contribution in [3.05, 3.63) is 29.6 Å². The van der Waals surface area contributed by atoms with Crippen LogP contribution in [0, 0.1) is 5.82 Å². The van der Waals surface area contributed by atoms with E-state index in [4.69, 9.17) is 11.6 Å². The molecule has 0 spiro atoms. The highest BCUT2D eigenvalue weighted by Crippen LogP contribution is 2.24. The monoisotopic (exact) mass is 278 g/mol. The summed E-state index contributed by atoms with van der Waals surface area (Å²) in [4.78, 5) is 10.9. The maximum absolute atomic E-state index is 13.8. The Bertz CT molecular complexity index is 455. The van der Waals surface area contributed by atoms with Gasteiger partial charge < -0.3 is 4.55 Å². The minimum atomic E-state index is -2.60. The highest BCUT2D eigenvalue weighted by molar-refractivity contribution is 7.80. The summed E-state index contributed by atoms with van der Waals surface area (Å²) in [5, 5.41) is -0.961. The predicted octanol–water partition coefficient (Wildman–Crippen LogP) is 2.22. The van der Waals surface area contributed by atoms with Gasteiger partial charge in [0, 0.05) is 17.8 Å². The van der Waals surface area contributed by atoms with Crippen LogP contribution in [0.2, 0.25) is 0 Å². The Hall–Kier alpha value is -0.980. The minimum absolute atomic E-state index is 0.132. The average molecular weight is 279 g/mol. The largest absolute Gasteiger partial charge is 0.755 e. The van der Waals surface area contributed by atoms with Gasteiger partial charge in [0.05, 0.1) is 11.3 Å². The average Bonchev–Trinajstić information content (AvgIpc) is 2.26. The van der Waals surface area contributed by atoms with Crippen molar-refractivity contribution in [3.8, 4) is 0 Å². The molecule has 0 radical (unpaired) electrons. The van der Waals surface area contributed by atoms with E-state index in [0.29, 0.717) is 6.42 Å².